The average molecular weight is 243 g/mol. The third kappa shape index (κ3) is 1.55. The Labute approximate surface area is 103 Å². The summed E-state index contributed by atoms with van der Waals surface area (Å²) in [5, 5.41) is 3.83. The Kier molecular flexibility index (Phi) is 2.33. The smallest absolute Gasteiger partial charge is 0.329 e. The Bertz CT molecular complexity index is 764. The molecule has 92 valence electrons. The Morgan fingerprint density at radius 2 is 2.00 bits per heavy atom. The zero-order valence-electron chi connectivity index (χ0n) is 10.3. The van der Waals surface area contributed by atoms with Crippen molar-refractivity contribution in [3.8, 4) is 0 Å². The zero-order valence-corrected chi connectivity index (χ0v) is 10.3. The molecule has 5 nitrogen and oxygen atoms in total. The lowest BCUT2D eigenvalue weighted by molar-refractivity contribution is 0.372. The second-order valence-corrected chi connectivity index (χ2v) is 4.35. The molecule has 0 bridgehead atoms. The van der Waals surface area contributed by atoms with Crippen LogP contribution in [0.5, 0.6) is 0 Å². The summed E-state index contributed by atoms with van der Waals surface area (Å²) in [6.45, 7) is 2.26. The second-order valence-electron chi connectivity index (χ2n) is 4.35. The molecule has 0 spiro atoms. The topological polar surface area (TPSA) is 53.0 Å². The number of hydrogen-bond acceptors (Lipinski definition) is 3. The van der Waals surface area contributed by atoms with Crippen molar-refractivity contribution in [1.29, 1.82) is 0 Å². The van der Waals surface area contributed by atoms with Crippen molar-refractivity contribution < 1.29 is 4.52 Å². The van der Waals surface area contributed by atoms with Crippen molar-refractivity contribution in [2.24, 2.45) is 7.05 Å². The molecule has 3 aromatic rings. The van der Waals surface area contributed by atoms with Crippen LogP contribution in [0.15, 0.2) is 39.6 Å². The number of rotatable bonds is 2. The molecule has 2 aromatic heterocycles. The van der Waals surface area contributed by atoms with E-state index in [0.717, 1.165) is 16.7 Å². The molecule has 0 amide bonds. The number of fused-ring (bicyclic) bond motifs is 1. The SMILES string of the molecule is Cc1cc(Cn2c(=O)n(C)c3ccccc32)on1. The molecule has 18 heavy (non-hydrogen) atoms. The van der Waals surface area contributed by atoms with Gasteiger partial charge in [-0.1, -0.05) is 17.3 Å². The minimum Gasteiger partial charge on any atom is -0.359 e. The van der Waals surface area contributed by atoms with Crippen LogP contribution in [0.25, 0.3) is 11.0 Å². The van der Waals surface area contributed by atoms with Crippen LogP contribution in [0.1, 0.15) is 11.5 Å². The number of hydrogen-bond donors (Lipinski definition) is 0. The average Bonchev–Trinajstić information content (AvgIpc) is 2.88. The van der Waals surface area contributed by atoms with Gasteiger partial charge in [-0.25, -0.2) is 4.79 Å². The molecule has 0 aliphatic heterocycles. The van der Waals surface area contributed by atoms with E-state index in [0.29, 0.717) is 12.3 Å². The predicted molar refractivity (Wildman–Crippen MR) is 67.5 cm³/mol. The lowest BCUT2D eigenvalue weighted by Crippen LogP contribution is -2.22. The number of nitrogens with zero attached hydrogens (tertiary/aromatic N) is 3. The van der Waals surface area contributed by atoms with Crippen LogP contribution in [0, 0.1) is 6.92 Å². The predicted octanol–water partition coefficient (Wildman–Crippen LogP) is 1.68. The normalized spacial score (nSPS) is 11.2. The van der Waals surface area contributed by atoms with E-state index in [2.05, 4.69) is 5.16 Å². The molecule has 2 heterocycles. The number of benzene rings is 1. The summed E-state index contributed by atoms with van der Waals surface area (Å²) in [6, 6.07) is 9.54. The van der Waals surface area contributed by atoms with Gasteiger partial charge < -0.3 is 4.52 Å². The molecule has 0 aliphatic rings. The molecule has 0 unspecified atom stereocenters. The van der Waals surface area contributed by atoms with E-state index in [9.17, 15) is 4.79 Å². The van der Waals surface area contributed by atoms with E-state index in [1.165, 1.54) is 0 Å². The van der Waals surface area contributed by atoms with E-state index in [-0.39, 0.29) is 5.69 Å². The molecule has 3 rings (SSSR count). The molecule has 5 heteroatoms. The van der Waals surface area contributed by atoms with Crippen molar-refractivity contribution in [1.82, 2.24) is 14.3 Å². The van der Waals surface area contributed by atoms with Gasteiger partial charge in [0.05, 0.1) is 23.3 Å². The Morgan fingerprint density at radius 1 is 1.28 bits per heavy atom. The van der Waals surface area contributed by atoms with E-state index in [4.69, 9.17) is 4.52 Å². The maximum absolute atomic E-state index is 12.2. The van der Waals surface area contributed by atoms with E-state index in [1.807, 2.05) is 37.3 Å². The first-order valence-electron chi connectivity index (χ1n) is 5.73. The first kappa shape index (κ1) is 10.8. The number of imidazole rings is 1. The van der Waals surface area contributed by atoms with Crippen molar-refractivity contribution in [3.05, 3.63) is 52.3 Å². The van der Waals surface area contributed by atoms with Gasteiger partial charge in [-0.05, 0) is 19.1 Å². The fourth-order valence-corrected chi connectivity index (χ4v) is 2.16. The fourth-order valence-electron chi connectivity index (χ4n) is 2.16. The van der Waals surface area contributed by atoms with Gasteiger partial charge in [-0.15, -0.1) is 0 Å². The molecule has 1 aromatic carbocycles. The van der Waals surface area contributed by atoms with Crippen LogP contribution in [0.2, 0.25) is 0 Å². The number of aromatic nitrogens is 3. The van der Waals surface area contributed by atoms with Gasteiger partial charge in [0.2, 0.25) is 0 Å². The third-order valence-electron chi connectivity index (χ3n) is 3.04. The largest absolute Gasteiger partial charge is 0.359 e. The first-order chi connectivity index (χ1) is 8.66. The monoisotopic (exact) mass is 243 g/mol. The van der Waals surface area contributed by atoms with Gasteiger partial charge in [0.1, 0.15) is 0 Å². The Morgan fingerprint density at radius 3 is 2.67 bits per heavy atom. The molecule has 0 radical (unpaired) electrons. The highest BCUT2D eigenvalue weighted by molar-refractivity contribution is 5.75. The highest BCUT2D eigenvalue weighted by Crippen LogP contribution is 2.13. The van der Waals surface area contributed by atoms with Crippen LogP contribution in [-0.4, -0.2) is 14.3 Å². The van der Waals surface area contributed by atoms with Crippen LogP contribution in [0.4, 0.5) is 0 Å². The van der Waals surface area contributed by atoms with Crippen molar-refractivity contribution in [2.45, 2.75) is 13.5 Å². The molecule has 0 N–H and O–H groups in total. The van der Waals surface area contributed by atoms with E-state index < -0.39 is 0 Å². The Balaban J connectivity index is 2.17. The molecule has 0 saturated carbocycles. The standard InChI is InChI=1S/C13H13N3O2/c1-9-7-10(18-14-9)8-16-12-6-4-3-5-11(12)15(2)13(16)17/h3-7H,8H2,1-2H3. The van der Waals surface area contributed by atoms with Crippen LogP contribution in [-0.2, 0) is 13.6 Å². The highest BCUT2D eigenvalue weighted by Gasteiger charge is 2.11. The molecular formula is C13H13N3O2. The fraction of sp³-hybridized carbons (Fsp3) is 0.231. The van der Waals surface area contributed by atoms with E-state index >= 15 is 0 Å². The maximum Gasteiger partial charge on any atom is 0.329 e. The summed E-state index contributed by atoms with van der Waals surface area (Å²) in [6.07, 6.45) is 0. The summed E-state index contributed by atoms with van der Waals surface area (Å²) in [7, 11) is 1.77. The van der Waals surface area contributed by atoms with Crippen molar-refractivity contribution >= 4 is 11.0 Å². The van der Waals surface area contributed by atoms with Crippen LogP contribution >= 0.6 is 0 Å². The number of aryl methyl sites for hydroxylation is 2. The van der Waals surface area contributed by atoms with Crippen molar-refractivity contribution in [3.63, 3.8) is 0 Å². The van der Waals surface area contributed by atoms with Gasteiger partial charge in [-0.2, -0.15) is 0 Å². The minimum absolute atomic E-state index is 0.0507. The van der Waals surface area contributed by atoms with Crippen molar-refractivity contribution in [2.75, 3.05) is 0 Å². The van der Waals surface area contributed by atoms with Gasteiger partial charge in [-0.3, -0.25) is 9.13 Å². The number of para-hydroxylation sites is 2. The lowest BCUT2D eigenvalue weighted by Gasteiger charge is -1.98. The quantitative estimate of drug-likeness (QED) is 0.688. The summed E-state index contributed by atoms with van der Waals surface area (Å²) in [4.78, 5) is 12.2. The van der Waals surface area contributed by atoms with Gasteiger partial charge in [0.15, 0.2) is 5.76 Å². The van der Waals surface area contributed by atoms with Gasteiger partial charge in [0, 0.05) is 13.1 Å². The molecule has 0 atom stereocenters. The molecule has 0 fully saturated rings. The summed E-state index contributed by atoms with van der Waals surface area (Å²) in [5.41, 5.74) is 2.58. The molecule has 0 aliphatic carbocycles. The summed E-state index contributed by atoms with van der Waals surface area (Å²) >= 11 is 0. The minimum atomic E-state index is -0.0507. The summed E-state index contributed by atoms with van der Waals surface area (Å²) < 4.78 is 8.49. The van der Waals surface area contributed by atoms with Crippen LogP contribution in [0.3, 0.4) is 0 Å². The first-order valence-corrected chi connectivity index (χ1v) is 5.73. The zero-order chi connectivity index (χ0) is 12.7. The second kappa shape index (κ2) is 3.87. The highest BCUT2D eigenvalue weighted by atomic mass is 16.5. The molecule has 0 saturated heterocycles. The Hall–Kier alpha value is -2.30. The van der Waals surface area contributed by atoms with Gasteiger partial charge >= 0.3 is 5.69 Å². The van der Waals surface area contributed by atoms with Crippen LogP contribution < -0.4 is 5.69 Å². The molecular weight excluding hydrogens is 230 g/mol. The third-order valence-corrected chi connectivity index (χ3v) is 3.04. The maximum atomic E-state index is 12.2. The summed E-state index contributed by atoms with van der Waals surface area (Å²) in [5.74, 6) is 0.686. The lowest BCUT2D eigenvalue weighted by atomic mass is 10.3. The van der Waals surface area contributed by atoms with E-state index in [1.54, 1.807) is 16.2 Å². The van der Waals surface area contributed by atoms with Gasteiger partial charge in [0.25, 0.3) is 0 Å².